The van der Waals surface area contributed by atoms with Crippen LogP contribution in [0.5, 0.6) is 0 Å². The van der Waals surface area contributed by atoms with Gasteiger partial charge in [-0.25, -0.2) is 0 Å². The van der Waals surface area contributed by atoms with Crippen molar-refractivity contribution in [2.45, 2.75) is 26.8 Å². The highest BCUT2D eigenvalue weighted by Crippen LogP contribution is 2.02. The number of carbonyl (C=O) groups excluding carboxylic acids is 1. The fourth-order valence-electron chi connectivity index (χ4n) is 0.763. The maximum atomic E-state index is 11.2. The lowest BCUT2D eigenvalue weighted by Crippen LogP contribution is -2.37. The molecule has 0 rings (SSSR count). The number of amides is 1. The van der Waals surface area contributed by atoms with Crippen LogP contribution >= 0.6 is 11.8 Å². The maximum absolute atomic E-state index is 11.2. The van der Waals surface area contributed by atoms with Gasteiger partial charge in [0.1, 0.15) is 5.92 Å². The molecule has 0 fully saturated rings. The first-order chi connectivity index (χ1) is 6.11. The quantitative estimate of drug-likeness (QED) is 0.730. The van der Waals surface area contributed by atoms with Crippen LogP contribution in [0.15, 0.2) is 0 Å². The normalized spacial score (nSPS) is 14.3. The van der Waals surface area contributed by atoms with E-state index in [1.807, 2.05) is 13.0 Å². The third-order valence-electron chi connectivity index (χ3n) is 1.55. The topological polar surface area (TPSA) is 52.9 Å². The lowest BCUT2D eigenvalue weighted by atomic mass is 10.2. The lowest BCUT2D eigenvalue weighted by Gasteiger charge is -2.13. The van der Waals surface area contributed by atoms with Gasteiger partial charge in [-0.05, 0) is 19.6 Å². The van der Waals surface area contributed by atoms with E-state index in [1.165, 1.54) is 0 Å². The molecule has 2 unspecified atom stereocenters. The highest BCUT2D eigenvalue weighted by molar-refractivity contribution is 7.99. The van der Waals surface area contributed by atoms with Crippen molar-refractivity contribution in [3.05, 3.63) is 0 Å². The van der Waals surface area contributed by atoms with Crippen LogP contribution < -0.4 is 5.32 Å². The Morgan fingerprint density at radius 1 is 1.62 bits per heavy atom. The molecule has 13 heavy (non-hydrogen) atoms. The summed E-state index contributed by atoms with van der Waals surface area (Å²) in [6, 6.07) is 2.05. The summed E-state index contributed by atoms with van der Waals surface area (Å²) in [6.45, 7) is 5.64. The van der Waals surface area contributed by atoms with Crippen molar-refractivity contribution in [3.63, 3.8) is 0 Å². The number of thioether (sulfide) groups is 1. The summed E-state index contributed by atoms with van der Waals surface area (Å²) >= 11 is 1.78. The third-order valence-corrected chi connectivity index (χ3v) is 2.69. The monoisotopic (exact) mass is 200 g/mol. The Bertz CT molecular complexity index is 200. The van der Waals surface area contributed by atoms with E-state index < -0.39 is 5.92 Å². The number of nitriles is 1. The molecule has 0 heterocycles. The Labute approximate surface area is 83.9 Å². The molecule has 1 amide bonds. The fraction of sp³-hybridized carbons (Fsp3) is 0.778. The fourth-order valence-corrected chi connectivity index (χ4v) is 1.44. The van der Waals surface area contributed by atoms with Gasteiger partial charge in [0.15, 0.2) is 0 Å². The summed E-state index contributed by atoms with van der Waals surface area (Å²) < 4.78 is 0. The second-order valence-corrected chi connectivity index (χ2v) is 4.24. The molecule has 0 aromatic heterocycles. The van der Waals surface area contributed by atoms with E-state index in [9.17, 15) is 4.79 Å². The number of nitrogens with one attached hydrogen (secondary N) is 1. The molecule has 3 nitrogen and oxygen atoms in total. The van der Waals surface area contributed by atoms with Crippen molar-refractivity contribution in [1.82, 2.24) is 5.32 Å². The molecule has 0 saturated heterocycles. The second-order valence-electron chi connectivity index (χ2n) is 2.92. The zero-order chi connectivity index (χ0) is 10.3. The molecular weight excluding hydrogens is 184 g/mol. The SMILES string of the molecule is CCSCC(C)NC(=O)C(C)C#N. The molecule has 0 saturated carbocycles. The Balaban J connectivity index is 3.72. The van der Waals surface area contributed by atoms with Crippen molar-refractivity contribution in [2.24, 2.45) is 5.92 Å². The molecule has 0 aliphatic heterocycles. The largest absolute Gasteiger partial charge is 0.352 e. The summed E-state index contributed by atoms with van der Waals surface area (Å²) in [5.41, 5.74) is 0. The van der Waals surface area contributed by atoms with Gasteiger partial charge in [-0.15, -0.1) is 0 Å². The number of rotatable bonds is 5. The summed E-state index contributed by atoms with van der Waals surface area (Å²) in [7, 11) is 0. The van der Waals surface area contributed by atoms with Gasteiger partial charge in [-0.3, -0.25) is 4.79 Å². The summed E-state index contributed by atoms with van der Waals surface area (Å²) in [5.74, 6) is 1.23. The van der Waals surface area contributed by atoms with Gasteiger partial charge >= 0.3 is 0 Å². The van der Waals surface area contributed by atoms with E-state index in [2.05, 4.69) is 12.2 Å². The Hall–Kier alpha value is -0.690. The van der Waals surface area contributed by atoms with E-state index in [1.54, 1.807) is 18.7 Å². The molecule has 0 aromatic rings. The molecule has 74 valence electrons. The van der Waals surface area contributed by atoms with Crippen LogP contribution in [0.4, 0.5) is 0 Å². The molecule has 0 aromatic carbocycles. The first-order valence-electron chi connectivity index (χ1n) is 4.39. The zero-order valence-corrected chi connectivity index (χ0v) is 9.15. The van der Waals surface area contributed by atoms with Crippen molar-refractivity contribution in [2.75, 3.05) is 11.5 Å². The van der Waals surface area contributed by atoms with E-state index in [-0.39, 0.29) is 11.9 Å². The van der Waals surface area contributed by atoms with E-state index in [0.717, 1.165) is 11.5 Å². The van der Waals surface area contributed by atoms with Crippen molar-refractivity contribution >= 4 is 17.7 Å². The molecule has 0 bridgehead atoms. The Morgan fingerprint density at radius 3 is 2.69 bits per heavy atom. The number of nitrogens with zero attached hydrogens (tertiary/aromatic N) is 1. The predicted octanol–water partition coefficient (Wildman–Crippen LogP) is 1.40. The summed E-state index contributed by atoms with van der Waals surface area (Å²) in [6.07, 6.45) is 0. The minimum Gasteiger partial charge on any atom is -0.352 e. The minimum atomic E-state index is -0.547. The molecule has 2 atom stereocenters. The predicted molar refractivity (Wildman–Crippen MR) is 55.4 cm³/mol. The summed E-state index contributed by atoms with van der Waals surface area (Å²) in [5, 5.41) is 11.3. The lowest BCUT2D eigenvalue weighted by molar-refractivity contribution is -0.123. The van der Waals surface area contributed by atoms with Gasteiger partial charge in [-0.1, -0.05) is 6.92 Å². The molecule has 0 spiro atoms. The first-order valence-corrected chi connectivity index (χ1v) is 5.55. The van der Waals surface area contributed by atoms with Crippen LogP contribution in [0.25, 0.3) is 0 Å². The molecule has 4 heteroatoms. The molecule has 0 aliphatic carbocycles. The van der Waals surface area contributed by atoms with Crippen LogP contribution in [-0.2, 0) is 4.79 Å². The average molecular weight is 200 g/mol. The zero-order valence-electron chi connectivity index (χ0n) is 8.33. The van der Waals surface area contributed by atoms with Crippen molar-refractivity contribution in [1.29, 1.82) is 5.26 Å². The standard InChI is InChI=1S/C9H16N2OS/c1-4-13-6-8(3)11-9(12)7(2)5-10/h7-8H,4,6H2,1-3H3,(H,11,12). The Morgan fingerprint density at radius 2 is 2.23 bits per heavy atom. The molecular formula is C9H16N2OS. The van der Waals surface area contributed by atoms with E-state index in [4.69, 9.17) is 5.26 Å². The smallest absolute Gasteiger partial charge is 0.237 e. The molecule has 0 radical (unpaired) electrons. The van der Waals surface area contributed by atoms with Gasteiger partial charge in [0.2, 0.25) is 5.91 Å². The minimum absolute atomic E-state index is 0.147. The van der Waals surface area contributed by atoms with Gasteiger partial charge in [0.25, 0.3) is 0 Å². The number of hydrogen-bond acceptors (Lipinski definition) is 3. The third kappa shape index (κ3) is 5.53. The first kappa shape index (κ1) is 12.3. The van der Waals surface area contributed by atoms with Gasteiger partial charge in [0.05, 0.1) is 6.07 Å². The molecule has 0 aliphatic rings. The Kier molecular flexibility index (Phi) is 6.43. The summed E-state index contributed by atoms with van der Waals surface area (Å²) in [4.78, 5) is 11.2. The highest BCUT2D eigenvalue weighted by Gasteiger charge is 2.13. The van der Waals surface area contributed by atoms with Crippen LogP contribution in [0, 0.1) is 17.2 Å². The average Bonchev–Trinajstić information content (AvgIpc) is 2.13. The number of carbonyl (C=O) groups is 1. The number of hydrogen-bond donors (Lipinski definition) is 1. The van der Waals surface area contributed by atoms with Crippen LogP contribution in [0.3, 0.4) is 0 Å². The van der Waals surface area contributed by atoms with Gasteiger partial charge in [0, 0.05) is 11.8 Å². The van der Waals surface area contributed by atoms with Crippen LogP contribution in [0.1, 0.15) is 20.8 Å². The van der Waals surface area contributed by atoms with Crippen molar-refractivity contribution < 1.29 is 4.79 Å². The van der Waals surface area contributed by atoms with Gasteiger partial charge in [-0.2, -0.15) is 17.0 Å². The van der Waals surface area contributed by atoms with Gasteiger partial charge < -0.3 is 5.32 Å². The van der Waals surface area contributed by atoms with Crippen LogP contribution in [0.2, 0.25) is 0 Å². The maximum Gasteiger partial charge on any atom is 0.237 e. The highest BCUT2D eigenvalue weighted by atomic mass is 32.2. The van der Waals surface area contributed by atoms with E-state index >= 15 is 0 Å². The molecule has 1 N–H and O–H groups in total. The second kappa shape index (κ2) is 6.79. The van der Waals surface area contributed by atoms with Crippen LogP contribution in [-0.4, -0.2) is 23.5 Å². The van der Waals surface area contributed by atoms with Crippen molar-refractivity contribution in [3.8, 4) is 6.07 Å². The van der Waals surface area contributed by atoms with E-state index in [0.29, 0.717) is 0 Å².